The van der Waals surface area contributed by atoms with Gasteiger partial charge in [-0.15, -0.1) is 6.58 Å². The standard InChI is InChI=1S/C12H19F3O/c1-3-7-11(12(13,14)15)9-6-4-5-8-10(2)16/h3,11H,1,4-9H2,2H3/t11-/m0/s1. The van der Waals surface area contributed by atoms with Crippen LogP contribution in [0, 0.1) is 5.92 Å². The molecule has 0 bridgehead atoms. The van der Waals surface area contributed by atoms with E-state index in [9.17, 15) is 18.0 Å². The molecule has 94 valence electrons. The summed E-state index contributed by atoms with van der Waals surface area (Å²) in [6.45, 7) is 4.83. The number of hydrogen-bond donors (Lipinski definition) is 0. The molecule has 0 rings (SSSR count). The maximum absolute atomic E-state index is 12.4. The highest BCUT2D eigenvalue weighted by atomic mass is 19.4. The number of halogens is 3. The van der Waals surface area contributed by atoms with E-state index in [1.54, 1.807) is 0 Å². The van der Waals surface area contributed by atoms with E-state index in [0.29, 0.717) is 25.7 Å². The number of allylic oxidation sites excluding steroid dienone is 1. The lowest BCUT2D eigenvalue weighted by atomic mass is 9.97. The Labute approximate surface area is 94.7 Å². The lowest BCUT2D eigenvalue weighted by Crippen LogP contribution is -2.22. The largest absolute Gasteiger partial charge is 0.392 e. The molecule has 0 aromatic rings. The Hall–Kier alpha value is -0.800. The zero-order valence-electron chi connectivity index (χ0n) is 9.65. The molecule has 0 N–H and O–H groups in total. The first kappa shape index (κ1) is 15.2. The summed E-state index contributed by atoms with van der Waals surface area (Å²) in [6, 6.07) is 0. The van der Waals surface area contributed by atoms with Crippen molar-refractivity contribution in [3.63, 3.8) is 0 Å². The topological polar surface area (TPSA) is 17.1 Å². The number of Topliss-reactive ketones (excluding diaryl/α,β-unsaturated/α-hetero) is 1. The molecule has 0 amide bonds. The van der Waals surface area contributed by atoms with E-state index in [0.717, 1.165) is 0 Å². The van der Waals surface area contributed by atoms with Gasteiger partial charge in [0.25, 0.3) is 0 Å². The molecule has 0 aliphatic heterocycles. The normalized spacial score (nSPS) is 13.5. The van der Waals surface area contributed by atoms with Crippen LogP contribution < -0.4 is 0 Å². The first-order chi connectivity index (χ1) is 7.38. The molecule has 0 saturated heterocycles. The summed E-state index contributed by atoms with van der Waals surface area (Å²) in [6.07, 6.45) is -0.340. The molecule has 0 radical (unpaired) electrons. The molecule has 0 saturated carbocycles. The summed E-state index contributed by atoms with van der Waals surface area (Å²) in [4.78, 5) is 10.6. The SMILES string of the molecule is C=CC[C@@H](CCCCCC(C)=O)C(F)(F)F. The average molecular weight is 236 g/mol. The monoisotopic (exact) mass is 236 g/mol. The lowest BCUT2D eigenvalue weighted by molar-refractivity contribution is -0.175. The van der Waals surface area contributed by atoms with Crippen LogP contribution >= 0.6 is 0 Å². The molecule has 1 nitrogen and oxygen atoms in total. The molecule has 0 unspecified atom stereocenters. The molecular weight excluding hydrogens is 217 g/mol. The van der Waals surface area contributed by atoms with Crippen LogP contribution in [0.5, 0.6) is 0 Å². The van der Waals surface area contributed by atoms with Crippen molar-refractivity contribution in [1.82, 2.24) is 0 Å². The van der Waals surface area contributed by atoms with Gasteiger partial charge in [-0.3, -0.25) is 0 Å². The van der Waals surface area contributed by atoms with Crippen LogP contribution in [0.1, 0.15) is 45.4 Å². The number of hydrogen-bond acceptors (Lipinski definition) is 1. The Balaban J connectivity index is 3.77. The second-order valence-electron chi connectivity index (χ2n) is 4.06. The fourth-order valence-electron chi connectivity index (χ4n) is 1.56. The minimum absolute atomic E-state index is 0.0177. The molecule has 16 heavy (non-hydrogen) atoms. The van der Waals surface area contributed by atoms with Crippen molar-refractivity contribution in [2.75, 3.05) is 0 Å². The number of rotatable bonds is 8. The molecule has 0 heterocycles. The molecule has 0 spiro atoms. The van der Waals surface area contributed by atoms with Gasteiger partial charge in [0, 0.05) is 6.42 Å². The Bertz CT molecular complexity index is 221. The van der Waals surface area contributed by atoms with Crippen molar-refractivity contribution < 1.29 is 18.0 Å². The third-order valence-electron chi connectivity index (χ3n) is 2.50. The van der Waals surface area contributed by atoms with Gasteiger partial charge in [0.1, 0.15) is 5.78 Å². The Morgan fingerprint density at radius 1 is 1.31 bits per heavy atom. The Morgan fingerprint density at radius 2 is 1.94 bits per heavy atom. The molecule has 0 fully saturated rings. The summed E-state index contributed by atoms with van der Waals surface area (Å²) in [5.74, 6) is -1.18. The highest BCUT2D eigenvalue weighted by Crippen LogP contribution is 2.33. The molecule has 1 atom stereocenters. The number of ketones is 1. The van der Waals surface area contributed by atoms with E-state index in [2.05, 4.69) is 6.58 Å². The van der Waals surface area contributed by atoms with Crippen LogP contribution in [-0.4, -0.2) is 12.0 Å². The van der Waals surface area contributed by atoms with Gasteiger partial charge in [0.15, 0.2) is 0 Å². The summed E-state index contributed by atoms with van der Waals surface area (Å²) >= 11 is 0. The predicted molar refractivity (Wildman–Crippen MR) is 58.1 cm³/mol. The van der Waals surface area contributed by atoms with Crippen molar-refractivity contribution in [2.24, 2.45) is 5.92 Å². The van der Waals surface area contributed by atoms with Gasteiger partial charge in [0.05, 0.1) is 5.92 Å². The van der Waals surface area contributed by atoms with Crippen LogP contribution in [-0.2, 0) is 4.79 Å². The van der Waals surface area contributed by atoms with E-state index in [-0.39, 0.29) is 18.6 Å². The van der Waals surface area contributed by atoms with Gasteiger partial charge in [-0.05, 0) is 26.2 Å². The Morgan fingerprint density at radius 3 is 2.38 bits per heavy atom. The average Bonchev–Trinajstić information content (AvgIpc) is 2.13. The first-order valence-corrected chi connectivity index (χ1v) is 5.55. The number of alkyl halides is 3. The van der Waals surface area contributed by atoms with Crippen molar-refractivity contribution >= 4 is 5.78 Å². The summed E-state index contributed by atoms with van der Waals surface area (Å²) in [5, 5.41) is 0. The first-order valence-electron chi connectivity index (χ1n) is 5.55. The quantitative estimate of drug-likeness (QED) is 0.454. The second-order valence-corrected chi connectivity index (χ2v) is 4.06. The highest BCUT2D eigenvalue weighted by Gasteiger charge is 2.37. The maximum Gasteiger partial charge on any atom is 0.392 e. The number of carbonyl (C=O) groups excluding carboxylic acids is 1. The molecule has 0 aromatic heterocycles. The fourth-order valence-corrected chi connectivity index (χ4v) is 1.56. The van der Waals surface area contributed by atoms with Crippen LogP contribution in [0.4, 0.5) is 13.2 Å². The van der Waals surface area contributed by atoms with Crippen LogP contribution in [0.15, 0.2) is 12.7 Å². The smallest absolute Gasteiger partial charge is 0.300 e. The molecule has 0 aliphatic carbocycles. The van der Waals surface area contributed by atoms with Gasteiger partial charge in [-0.25, -0.2) is 0 Å². The fraction of sp³-hybridized carbons (Fsp3) is 0.750. The summed E-state index contributed by atoms with van der Waals surface area (Å²) in [7, 11) is 0. The van der Waals surface area contributed by atoms with Gasteiger partial charge < -0.3 is 4.79 Å². The Kier molecular flexibility index (Phi) is 7.10. The van der Waals surface area contributed by atoms with E-state index in [1.807, 2.05) is 0 Å². The maximum atomic E-state index is 12.4. The van der Waals surface area contributed by atoms with E-state index < -0.39 is 12.1 Å². The van der Waals surface area contributed by atoms with Gasteiger partial charge in [-0.1, -0.05) is 18.9 Å². The van der Waals surface area contributed by atoms with E-state index in [1.165, 1.54) is 13.0 Å². The predicted octanol–water partition coefficient (Wildman–Crippen LogP) is 4.28. The molecule has 4 heteroatoms. The van der Waals surface area contributed by atoms with Gasteiger partial charge >= 0.3 is 6.18 Å². The number of unbranched alkanes of at least 4 members (excludes halogenated alkanes) is 2. The third-order valence-corrected chi connectivity index (χ3v) is 2.50. The van der Waals surface area contributed by atoms with E-state index in [4.69, 9.17) is 0 Å². The van der Waals surface area contributed by atoms with E-state index >= 15 is 0 Å². The third kappa shape index (κ3) is 7.49. The second kappa shape index (κ2) is 7.47. The highest BCUT2D eigenvalue weighted by molar-refractivity contribution is 5.75. The van der Waals surface area contributed by atoms with Crippen LogP contribution in [0.25, 0.3) is 0 Å². The van der Waals surface area contributed by atoms with Crippen molar-refractivity contribution in [2.45, 2.75) is 51.6 Å². The van der Waals surface area contributed by atoms with Crippen LogP contribution in [0.2, 0.25) is 0 Å². The lowest BCUT2D eigenvalue weighted by Gasteiger charge is -2.18. The molecular formula is C12H19F3O. The van der Waals surface area contributed by atoms with Gasteiger partial charge in [0.2, 0.25) is 0 Å². The van der Waals surface area contributed by atoms with Crippen molar-refractivity contribution in [1.29, 1.82) is 0 Å². The number of carbonyl (C=O) groups is 1. The van der Waals surface area contributed by atoms with Crippen LogP contribution in [0.3, 0.4) is 0 Å². The zero-order chi connectivity index (χ0) is 12.6. The van der Waals surface area contributed by atoms with Crippen molar-refractivity contribution in [3.8, 4) is 0 Å². The zero-order valence-corrected chi connectivity index (χ0v) is 9.65. The molecule has 0 aliphatic rings. The minimum atomic E-state index is -4.13. The van der Waals surface area contributed by atoms with Crippen molar-refractivity contribution in [3.05, 3.63) is 12.7 Å². The summed E-state index contributed by atoms with van der Waals surface area (Å²) in [5.41, 5.74) is 0. The minimum Gasteiger partial charge on any atom is -0.300 e. The van der Waals surface area contributed by atoms with Gasteiger partial charge in [-0.2, -0.15) is 13.2 Å². The molecule has 0 aromatic carbocycles. The summed E-state index contributed by atoms with van der Waals surface area (Å²) < 4.78 is 37.3.